The Hall–Kier alpha value is -4.32. The molecule has 2 aromatic heterocycles. The lowest BCUT2D eigenvalue weighted by molar-refractivity contribution is -0.144. The van der Waals surface area contributed by atoms with E-state index in [4.69, 9.17) is 9.26 Å². The monoisotopic (exact) mass is 513 g/mol. The average molecular weight is 514 g/mol. The Labute approximate surface area is 220 Å². The van der Waals surface area contributed by atoms with E-state index < -0.39 is 6.17 Å². The summed E-state index contributed by atoms with van der Waals surface area (Å²) < 4.78 is 24.6. The molecule has 9 heteroatoms. The molecule has 4 aromatic rings. The number of benzene rings is 2. The number of pyridine rings is 1. The van der Waals surface area contributed by atoms with Gasteiger partial charge in [-0.2, -0.15) is 10.2 Å². The minimum atomic E-state index is -0.880. The SMILES string of the molecule is CC(C)COC(=O)CCc1nccc2c(-c3noc(-c4ccc(N5CCC(F)C5)c(C#N)c4)n3)cccc12. The molecule has 1 unspecified atom stereocenters. The van der Waals surface area contributed by atoms with E-state index in [2.05, 4.69) is 21.2 Å². The molecule has 1 aliphatic rings. The van der Waals surface area contributed by atoms with Gasteiger partial charge in [-0.3, -0.25) is 9.78 Å². The van der Waals surface area contributed by atoms with E-state index in [1.807, 2.05) is 49.1 Å². The first kappa shape index (κ1) is 25.3. The zero-order valence-electron chi connectivity index (χ0n) is 21.4. The number of aryl methyl sites for hydroxylation is 1. The zero-order valence-corrected chi connectivity index (χ0v) is 21.4. The van der Waals surface area contributed by atoms with Crippen LogP contribution < -0.4 is 4.90 Å². The van der Waals surface area contributed by atoms with Gasteiger partial charge in [0.2, 0.25) is 5.82 Å². The number of halogens is 1. The zero-order chi connectivity index (χ0) is 26.6. The predicted molar refractivity (Wildman–Crippen MR) is 141 cm³/mol. The molecule has 0 spiro atoms. The number of nitriles is 1. The van der Waals surface area contributed by atoms with E-state index in [1.165, 1.54) is 0 Å². The van der Waals surface area contributed by atoms with Crippen molar-refractivity contribution in [1.29, 1.82) is 5.26 Å². The largest absolute Gasteiger partial charge is 0.465 e. The van der Waals surface area contributed by atoms with Gasteiger partial charge in [0.15, 0.2) is 0 Å². The summed E-state index contributed by atoms with van der Waals surface area (Å²) in [6.45, 7) is 5.27. The Morgan fingerprint density at radius 2 is 2.13 bits per heavy atom. The molecule has 0 amide bonds. The summed E-state index contributed by atoms with van der Waals surface area (Å²) in [6, 6.07) is 15.2. The van der Waals surface area contributed by atoms with Crippen molar-refractivity contribution in [3.8, 4) is 28.9 Å². The molecule has 38 heavy (non-hydrogen) atoms. The summed E-state index contributed by atoms with van der Waals surface area (Å²) in [5.41, 5.74) is 3.32. The molecule has 3 heterocycles. The molecular weight excluding hydrogens is 485 g/mol. The van der Waals surface area contributed by atoms with E-state index in [0.717, 1.165) is 22.0 Å². The van der Waals surface area contributed by atoms with E-state index in [9.17, 15) is 14.4 Å². The molecule has 1 atom stereocenters. The third-order valence-corrected chi connectivity index (χ3v) is 6.53. The van der Waals surface area contributed by atoms with Crippen LogP contribution in [-0.2, 0) is 16.0 Å². The normalized spacial score (nSPS) is 15.2. The maximum Gasteiger partial charge on any atom is 0.306 e. The van der Waals surface area contributed by atoms with Crippen molar-refractivity contribution in [2.45, 2.75) is 39.3 Å². The van der Waals surface area contributed by atoms with Crippen molar-refractivity contribution in [2.75, 3.05) is 24.6 Å². The van der Waals surface area contributed by atoms with Crippen molar-refractivity contribution >= 4 is 22.4 Å². The highest BCUT2D eigenvalue weighted by molar-refractivity contribution is 5.96. The molecule has 0 aliphatic carbocycles. The Kier molecular flexibility index (Phi) is 7.31. The number of fused-ring (bicyclic) bond motifs is 1. The van der Waals surface area contributed by atoms with Crippen molar-refractivity contribution in [3.63, 3.8) is 0 Å². The third-order valence-electron chi connectivity index (χ3n) is 6.53. The maximum atomic E-state index is 13.7. The topological polar surface area (TPSA) is 105 Å². The number of aromatic nitrogens is 3. The highest BCUT2D eigenvalue weighted by Gasteiger charge is 2.24. The molecule has 0 radical (unpaired) electrons. The van der Waals surface area contributed by atoms with Gasteiger partial charge in [0.25, 0.3) is 5.89 Å². The van der Waals surface area contributed by atoms with Gasteiger partial charge in [0.1, 0.15) is 12.2 Å². The van der Waals surface area contributed by atoms with Crippen LogP contribution in [0.4, 0.5) is 10.1 Å². The number of hydrogen-bond acceptors (Lipinski definition) is 8. The number of esters is 1. The maximum absolute atomic E-state index is 13.7. The van der Waals surface area contributed by atoms with Crippen LogP contribution in [0.2, 0.25) is 0 Å². The molecule has 194 valence electrons. The summed E-state index contributed by atoms with van der Waals surface area (Å²) in [4.78, 5) is 23.1. The van der Waals surface area contributed by atoms with Crippen molar-refractivity contribution < 1.29 is 18.4 Å². The number of alkyl halides is 1. The van der Waals surface area contributed by atoms with Crippen LogP contribution in [0.1, 0.15) is 37.9 Å². The molecule has 1 fully saturated rings. The average Bonchev–Trinajstić information content (AvgIpc) is 3.59. The highest BCUT2D eigenvalue weighted by Crippen LogP contribution is 2.32. The first-order valence-corrected chi connectivity index (χ1v) is 12.7. The summed E-state index contributed by atoms with van der Waals surface area (Å²) in [6.07, 6.45) is 1.99. The summed E-state index contributed by atoms with van der Waals surface area (Å²) in [5.74, 6) is 0.734. The summed E-state index contributed by atoms with van der Waals surface area (Å²) >= 11 is 0. The Morgan fingerprint density at radius 3 is 2.89 bits per heavy atom. The van der Waals surface area contributed by atoms with E-state index in [0.29, 0.717) is 48.6 Å². The summed E-state index contributed by atoms with van der Waals surface area (Å²) in [5, 5.41) is 15.7. The lowest BCUT2D eigenvalue weighted by Crippen LogP contribution is -2.20. The number of anilines is 1. The third kappa shape index (κ3) is 5.35. The fraction of sp³-hybridized carbons (Fsp3) is 0.345. The smallest absolute Gasteiger partial charge is 0.306 e. The number of rotatable bonds is 8. The molecule has 0 saturated carbocycles. The van der Waals surface area contributed by atoms with Gasteiger partial charge in [-0.1, -0.05) is 37.2 Å². The number of nitrogens with zero attached hydrogens (tertiary/aromatic N) is 5. The molecule has 0 N–H and O–H groups in total. The second-order valence-corrected chi connectivity index (χ2v) is 9.83. The standard InChI is InChI=1S/C29H28FN5O3/c1-18(2)17-37-27(36)9-7-25-23-4-3-5-24(22(23)10-12-32-25)28-33-29(38-34-28)19-6-8-26(20(14-19)15-31)35-13-11-21(30)16-35/h3-6,8,10,12,14,18,21H,7,9,11,13,16-17H2,1-2H3. The number of ether oxygens (including phenoxy) is 1. The Balaban J connectivity index is 1.39. The van der Waals surface area contributed by atoms with Crippen LogP contribution in [0.25, 0.3) is 33.6 Å². The first-order valence-electron chi connectivity index (χ1n) is 12.7. The number of hydrogen-bond donors (Lipinski definition) is 0. The Morgan fingerprint density at radius 1 is 1.26 bits per heavy atom. The number of carbonyl (C=O) groups excluding carboxylic acids is 1. The minimum Gasteiger partial charge on any atom is -0.465 e. The fourth-order valence-electron chi connectivity index (χ4n) is 4.64. The van der Waals surface area contributed by atoms with Gasteiger partial charge in [-0.05, 0) is 42.0 Å². The molecule has 1 saturated heterocycles. The van der Waals surface area contributed by atoms with E-state index >= 15 is 0 Å². The molecule has 1 aliphatic heterocycles. The molecule has 0 bridgehead atoms. The lowest BCUT2D eigenvalue weighted by Gasteiger charge is -2.19. The van der Waals surface area contributed by atoms with Crippen LogP contribution in [0.15, 0.2) is 53.2 Å². The van der Waals surface area contributed by atoms with Gasteiger partial charge < -0.3 is 14.2 Å². The minimum absolute atomic E-state index is 0.242. The lowest BCUT2D eigenvalue weighted by atomic mass is 10.0. The quantitative estimate of drug-likeness (QED) is 0.284. The summed E-state index contributed by atoms with van der Waals surface area (Å²) in [7, 11) is 0. The molecule has 5 rings (SSSR count). The number of carbonyl (C=O) groups is 1. The highest BCUT2D eigenvalue weighted by atomic mass is 19.1. The van der Waals surface area contributed by atoms with Gasteiger partial charge in [-0.15, -0.1) is 0 Å². The van der Waals surface area contributed by atoms with Crippen molar-refractivity contribution in [1.82, 2.24) is 15.1 Å². The van der Waals surface area contributed by atoms with Crippen LogP contribution in [0.5, 0.6) is 0 Å². The first-order chi connectivity index (χ1) is 18.4. The predicted octanol–water partition coefficient (Wildman–Crippen LogP) is 5.50. The van der Waals surface area contributed by atoms with Crippen LogP contribution in [0.3, 0.4) is 0 Å². The van der Waals surface area contributed by atoms with Crippen LogP contribution >= 0.6 is 0 Å². The van der Waals surface area contributed by atoms with Gasteiger partial charge >= 0.3 is 5.97 Å². The molecular formula is C29H28FN5O3. The van der Waals surface area contributed by atoms with Crippen molar-refractivity contribution in [2.24, 2.45) is 5.92 Å². The second kappa shape index (κ2) is 11.0. The second-order valence-electron chi connectivity index (χ2n) is 9.83. The van der Waals surface area contributed by atoms with Gasteiger partial charge in [0, 0.05) is 47.9 Å². The van der Waals surface area contributed by atoms with E-state index in [1.54, 1.807) is 18.3 Å². The van der Waals surface area contributed by atoms with Crippen molar-refractivity contribution in [3.05, 3.63) is 59.9 Å². The van der Waals surface area contributed by atoms with Crippen LogP contribution in [0, 0.1) is 17.2 Å². The van der Waals surface area contributed by atoms with Crippen LogP contribution in [-0.4, -0.2) is 47.0 Å². The van der Waals surface area contributed by atoms with E-state index in [-0.39, 0.29) is 30.7 Å². The molecule has 2 aromatic carbocycles. The molecule has 8 nitrogen and oxygen atoms in total. The van der Waals surface area contributed by atoms with Gasteiger partial charge in [-0.25, -0.2) is 4.39 Å². The Bertz CT molecular complexity index is 1510. The van der Waals surface area contributed by atoms with Gasteiger partial charge in [0.05, 0.1) is 24.3 Å². The fourth-order valence-corrected chi connectivity index (χ4v) is 4.64.